The van der Waals surface area contributed by atoms with E-state index in [-0.39, 0.29) is 11.8 Å². The largest absolute Gasteiger partial charge is 0.493 e. The summed E-state index contributed by atoms with van der Waals surface area (Å²) in [5.41, 5.74) is 4.18. The maximum atomic E-state index is 12.8. The molecule has 1 saturated heterocycles. The minimum atomic E-state index is -0.226. The Hall–Kier alpha value is -4.24. The van der Waals surface area contributed by atoms with Crippen molar-refractivity contribution in [1.82, 2.24) is 24.7 Å². The van der Waals surface area contributed by atoms with E-state index >= 15 is 0 Å². The van der Waals surface area contributed by atoms with Crippen molar-refractivity contribution < 1.29 is 14.2 Å². The maximum Gasteiger partial charge on any atom is 0.258 e. The molecule has 37 heavy (non-hydrogen) atoms. The van der Waals surface area contributed by atoms with Gasteiger partial charge >= 0.3 is 0 Å². The minimum Gasteiger partial charge on any atom is -0.493 e. The number of ether oxygens (including phenoxy) is 3. The van der Waals surface area contributed by atoms with Crippen LogP contribution in [-0.2, 0) is 11.2 Å². The average molecular weight is 498 g/mol. The average Bonchev–Trinajstić information content (AvgIpc) is 3.43. The van der Waals surface area contributed by atoms with Gasteiger partial charge in [-0.2, -0.15) is 5.10 Å². The highest BCUT2D eigenvalue weighted by molar-refractivity contribution is 5.93. The Balaban J connectivity index is 1.31. The maximum absolute atomic E-state index is 12.8. The number of aromatic nitrogens is 5. The number of nitrogens with zero attached hydrogens (tertiary/aromatic N) is 4. The van der Waals surface area contributed by atoms with Crippen LogP contribution in [-0.4, -0.2) is 45.6 Å². The number of aromatic amines is 1. The van der Waals surface area contributed by atoms with Gasteiger partial charge in [-0.25, -0.2) is 9.67 Å². The number of methoxy groups -OCH3 is 2. The van der Waals surface area contributed by atoms with E-state index in [1.807, 2.05) is 35.4 Å². The van der Waals surface area contributed by atoms with Gasteiger partial charge < -0.3 is 19.2 Å². The molecule has 0 spiro atoms. The lowest BCUT2D eigenvalue weighted by Crippen LogP contribution is -2.18. The van der Waals surface area contributed by atoms with Crippen LogP contribution >= 0.6 is 0 Å². The quantitative estimate of drug-likeness (QED) is 0.364. The molecular formula is C28H27N5O4. The summed E-state index contributed by atoms with van der Waals surface area (Å²) >= 11 is 0. The molecule has 0 amide bonds. The molecule has 2 aromatic carbocycles. The molecule has 0 radical (unpaired) electrons. The van der Waals surface area contributed by atoms with Gasteiger partial charge in [-0.3, -0.25) is 9.78 Å². The van der Waals surface area contributed by atoms with Gasteiger partial charge in [-0.1, -0.05) is 18.2 Å². The van der Waals surface area contributed by atoms with Gasteiger partial charge in [0.1, 0.15) is 12.1 Å². The van der Waals surface area contributed by atoms with Crippen LogP contribution < -0.4 is 15.0 Å². The molecule has 0 aliphatic carbocycles. The summed E-state index contributed by atoms with van der Waals surface area (Å²) in [7, 11) is 3.09. The molecule has 3 aromatic heterocycles. The third-order valence-electron chi connectivity index (χ3n) is 6.76. The van der Waals surface area contributed by atoms with E-state index in [1.165, 1.54) is 7.11 Å². The zero-order chi connectivity index (χ0) is 25.4. The van der Waals surface area contributed by atoms with E-state index < -0.39 is 0 Å². The van der Waals surface area contributed by atoms with Crippen molar-refractivity contribution in [2.45, 2.75) is 31.9 Å². The van der Waals surface area contributed by atoms with E-state index in [1.54, 1.807) is 19.2 Å². The highest BCUT2D eigenvalue weighted by Crippen LogP contribution is 2.31. The number of pyridine rings is 1. The van der Waals surface area contributed by atoms with Crippen LogP contribution in [0.3, 0.4) is 0 Å². The number of rotatable bonds is 6. The second kappa shape index (κ2) is 9.67. The molecule has 0 saturated carbocycles. The summed E-state index contributed by atoms with van der Waals surface area (Å²) in [6.45, 7) is 0.775. The summed E-state index contributed by atoms with van der Waals surface area (Å²) in [6, 6.07) is 11.6. The number of benzene rings is 2. The van der Waals surface area contributed by atoms with E-state index in [9.17, 15) is 4.79 Å². The van der Waals surface area contributed by atoms with Gasteiger partial charge in [0.05, 0.1) is 36.8 Å². The van der Waals surface area contributed by atoms with Crippen molar-refractivity contribution in [2.75, 3.05) is 20.8 Å². The molecule has 6 rings (SSSR count). The molecule has 1 fully saturated rings. The fraction of sp³-hybridized carbons (Fsp3) is 0.286. The molecule has 9 heteroatoms. The predicted octanol–water partition coefficient (Wildman–Crippen LogP) is 4.64. The summed E-state index contributed by atoms with van der Waals surface area (Å²) in [5.74, 6) is 1.56. The Morgan fingerprint density at radius 1 is 1.11 bits per heavy atom. The lowest BCUT2D eigenvalue weighted by molar-refractivity contribution is -0.0394. The van der Waals surface area contributed by atoms with Crippen LogP contribution in [0, 0.1) is 0 Å². The SMILES string of the molecule is COc1cc2nc(Cc3cnc4c(-c5cnn(C6CCCCO6)c5)cccc4c3)[nH]c(=O)c2cc1OC. The monoisotopic (exact) mass is 497 g/mol. The van der Waals surface area contributed by atoms with Crippen molar-refractivity contribution >= 4 is 21.8 Å². The van der Waals surface area contributed by atoms with Crippen LogP contribution in [0.25, 0.3) is 32.9 Å². The lowest BCUT2D eigenvalue weighted by Gasteiger charge is -2.22. The van der Waals surface area contributed by atoms with E-state index in [4.69, 9.17) is 19.2 Å². The number of H-pyrrole nitrogens is 1. The minimum absolute atomic E-state index is 0.00491. The molecule has 1 unspecified atom stereocenters. The van der Waals surface area contributed by atoms with Crippen molar-refractivity contribution in [3.8, 4) is 22.6 Å². The van der Waals surface area contributed by atoms with E-state index in [0.29, 0.717) is 34.6 Å². The summed E-state index contributed by atoms with van der Waals surface area (Å²) in [5, 5.41) is 6.01. The molecule has 1 aliphatic rings. The number of hydrogen-bond donors (Lipinski definition) is 1. The fourth-order valence-corrected chi connectivity index (χ4v) is 4.89. The Morgan fingerprint density at radius 2 is 1.97 bits per heavy atom. The summed E-state index contributed by atoms with van der Waals surface area (Å²) in [6.07, 6.45) is 9.40. The first-order valence-electron chi connectivity index (χ1n) is 12.3. The third kappa shape index (κ3) is 4.42. The number of para-hydroxylation sites is 1. The van der Waals surface area contributed by atoms with Crippen LogP contribution in [0.1, 0.15) is 36.9 Å². The topological polar surface area (TPSA) is 104 Å². The van der Waals surface area contributed by atoms with E-state index in [0.717, 1.165) is 53.5 Å². The Morgan fingerprint density at radius 3 is 2.78 bits per heavy atom. The molecular weight excluding hydrogens is 470 g/mol. The van der Waals surface area contributed by atoms with Crippen LogP contribution in [0.15, 0.2) is 59.8 Å². The second-order valence-corrected chi connectivity index (χ2v) is 9.16. The molecule has 188 valence electrons. The van der Waals surface area contributed by atoms with Gasteiger partial charge in [0, 0.05) is 48.0 Å². The summed E-state index contributed by atoms with van der Waals surface area (Å²) in [4.78, 5) is 25.1. The molecule has 1 aliphatic heterocycles. The molecule has 0 bridgehead atoms. The molecule has 9 nitrogen and oxygen atoms in total. The van der Waals surface area contributed by atoms with E-state index in [2.05, 4.69) is 27.2 Å². The summed E-state index contributed by atoms with van der Waals surface area (Å²) < 4.78 is 18.5. The first-order chi connectivity index (χ1) is 18.1. The van der Waals surface area contributed by atoms with Gasteiger partial charge in [0.2, 0.25) is 0 Å². The predicted molar refractivity (Wildman–Crippen MR) is 140 cm³/mol. The number of fused-ring (bicyclic) bond motifs is 2. The smallest absolute Gasteiger partial charge is 0.258 e. The van der Waals surface area contributed by atoms with Crippen LogP contribution in [0.4, 0.5) is 0 Å². The highest BCUT2D eigenvalue weighted by Gasteiger charge is 2.18. The normalized spacial score (nSPS) is 15.8. The Kier molecular flexibility index (Phi) is 6.05. The van der Waals surface area contributed by atoms with Crippen LogP contribution in [0.5, 0.6) is 11.5 Å². The zero-order valence-electron chi connectivity index (χ0n) is 20.7. The van der Waals surface area contributed by atoms with Gasteiger partial charge in [0.15, 0.2) is 11.5 Å². The molecule has 5 aromatic rings. The van der Waals surface area contributed by atoms with Crippen molar-refractivity contribution in [3.05, 3.63) is 76.7 Å². The van der Waals surface area contributed by atoms with Gasteiger partial charge in [-0.05, 0) is 37.0 Å². The van der Waals surface area contributed by atoms with Crippen molar-refractivity contribution in [1.29, 1.82) is 0 Å². The fourth-order valence-electron chi connectivity index (χ4n) is 4.89. The third-order valence-corrected chi connectivity index (χ3v) is 6.76. The number of hydrogen-bond acceptors (Lipinski definition) is 7. The van der Waals surface area contributed by atoms with Crippen molar-refractivity contribution in [2.24, 2.45) is 0 Å². The standard InChI is InChI=1S/C28H27N5O4/c1-35-23-12-21-22(13-24(23)36-2)31-25(32-28(21)34)11-17-10-18-6-5-7-20(27(18)29-14-17)19-15-30-33(16-19)26-8-3-4-9-37-26/h5-7,10,12-16,26H,3-4,8-9,11H2,1-2H3,(H,31,32,34). The molecule has 1 atom stereocenters. The van der Waals surface area contributed by atoms with Crippen LogP contribution in [0.2, 0.25) is 0 Å². The first-order valence-corrected chi connectivity index (χ1v) is 12.3. The Labute approximate surface area is 213 Å². The van der Waals surface area contributed by atoms with Crippen molar-refractivity contribution in [3.63, 3.8) is 0 Å². The number of nitrogens with one attached hydrogen (secondary N) is 1. The second-order valence-electron chi connectivity index (χ2n) is 9.16. The lowest BCUT2D eigenvalue weighted by atomic mass is 10.0. The van der Waals surface area contributed by atoms with Gasteiger partial charge in [-0.15, -0.1) is 0 Å². The van der Waals surface area contributed by atoms with Gasteiger partial charge in [0.25, 0.3) is 5.56 Å². The zero-order valence-corrected chi connectivity index (χ0v) is 20.7. The highest BCUT2D eigenvalue weighted by atomic mass is 16.5. The molecule has 4 heterocycles. The first kappa shape index (κ1) is 23.2. The Bertz CT molecular complexity index is 1650. The molecule has 1 N–H and O–H groups in total.